The van der Waals surface area contributed by atoms with E-state index in [1.807, 2.05) is 0 Å². The van der Waals surface area contributed by atoms with Gasteiger partial charge in [0.2, 0.25) is 0 Å². The molecule has 2 rings (SSSR count). The molecule has 0 radical (unpaired) electrons. The van der Waals surface area contributed by atoms with Crippen LogP contribution in [-0.4, -0.2) is 25.1 Å². The van der Waals surface area contributed by atoms with E-state index in [1.54, 1.807) is 25.1 Å². The van der Waals surface area contributed by atoms with Crippen LogP contribution >= 0.6 is 0 Å². The van der Waals surface area contributed by atoms with Crippen molar-refractivity contribution in [1.29, 1.82) is 0 Å². The fourth-order valence-corrected chi connectivity index (χ4v) is 2.30. The minimum Gasteiger partial charge on any atom is -0.508 e. The Hall–Kier alpha value is -2.89. The van der Waals surface area contributed by atoms with Gasteiger partial charge < -0.3 is 14.6 Å². The second-order valence-corrected chi connectivity index (χ2v) is 4.99. The van der Waals surface area contributed by atoms with E-state index in [2.05, 4.69) is 5.18 Å². The van der Waals surface area contributed by atoms with Gasteiger partial charge in [0.05, 0.1) is 14.2 Å². The zero-order chi connectivity index (χ0) is 17.0. The number of rotatable bonds is 6. The first-order valence-corrected chi connectivity index (χ1v) is 6.91. The van der Waals surface area contributed by atoms with Gasteiger partial charge in [-0.25, -0.2) is 0 Å². The number of nitrogens with zero attached hydrogens (tertiary/aromatic N) is 1. The van der Waals surface area contributed by atoms with E-state index in [0.29, 0.717) is 11.5 Å². The first kappa shape index (κ1) is 16.5. The zero-order valence-corrected chi connectivity index (χ0v) is 13.1. The molecule has 2 aromatic carbocycles. The number of carbonyl (C=O) groups excluding carboxylic acids is 1. The van der Waals surface area contributed by atoms with Crippen molar-refractivity contribution >= 4 is 11.5 Å². The summed E-state index contributed by atoms with van der Waals surface area (Å²) in [5.74, 6) is 0.755. The number of Topliss-reactive ketones (excluding diaryl/α,β-unsaturated/α-hetero) is 1. The highest BCUT2D eigenvalue weighted by Gasteiger charge is 2.17. The first-order chi connectivity index (χ1) is 11.0. The van der Waals surface area contributed by atoms with Gasteiger partial charge in [0.1, 0.15) is 11.4 Å². The van der Waals surface area contributed by atoms with E-state index in [-0.39, 0.29) is 34.8 Å². The summed E-state index contributed by atoms with van der Waals surface area (Å²) in [4.78, 5) is 23.5. The van der Waals surface area contributed by atoms with Crippen molar-refractivity contribution in [3.63, 3.8) is 0 Å². The topological polar surface area (TPSA) is 85.2 Å². The maximum absolute atomic E-state index is 12.5. The number of nitroso groups, excluding NO2 is 1. The second kappa shape index (κ2) is 6.91. The van der Waals surface area contributed by atoms with Crippen LogP contribution in [0.15, 0.2) is 35.5 Å². The summed E-state index contributed by atoms with van der Waals surface area (Å²) in [5, 5.41) is 12.5. The SMILES string of the molecule is COc1ccc(CC(=O)c2ccc(O)c(C)c2N=O)cc1OC. The maximum atomic E-state index is 12.5. The van der Waals surface area contributed by atoms with Crippen LogP contribution in [0.25, 0.3) is 0 Å². The molecule has 120 valence electrons. The molecule has 0 aromatic heterocycles. The summed E-state index contributed by atoms with van der Waals surface area (Å²) >= 11 is 0. The van der Waals surface area contributed by atoms with Gasteiger partial charge >= 0.3 is 0 Å². The third-order valence-electron chi connectivity index (χ3n) is 3.61. The highest BCUT2D eigenvalue weighted by molar-refractivity contribution is 6.02. The average molecular weight is 315 g/mol. The summed E-state index contributed by atoms with van der Waals surface area (Å²) in [7, 11) is 3.05. The Morgan fingerprint density at radius 3 is 2.43 bits per heavy atom. The number of carbonyl (C=O) groups is 1. The number of hydrogen-bond acceptors (Lipinski definition) is 6. The molecule has 0 unspecified atom stereocenters. The second-order valence-electron chi connectivity index (χ2n) is 4.99. The molecule has 0 bridgehead atoms. The summed E-state index contributed by atoms with van der Waals surface area (Å²) in [5.41, 5.74) is 1.16. The van der Waals surface area contributed by atoms with Crippen LogP contribution in [0.4, 0.5) is 5.69 Å². The molecule has 1 N–H and O–H groups in total. The number of benzene rings is 2. The van der Waals surface area contributed by atoms with Crippen LogP contribution in [-0.2, 0) is 6.42 Å². The monoisotopic (exact) mass is 315 g/mol. The summed E-state index contributed by atoms with van der Waals surface area (Å²) in [6, 6.07) is 7.95. The molecule has 23 heavy (non-hydrogen) atoms. The van der Waals surface area contributed by atoms with Gasteiger partial charge in [-0.05, 0) is 41.9 Å². The molecule has 0 atom stereocenters. The predicted molar refractivity (Wildman–Crippen MR) is 85.9 cm³/mol. The third-order valence-corrected chi connectivity index (χ3v) is 3.61. The molecule has 0 aliphatic carbocycles. The average Bonchev–Trinajstić information content (AvgIpc) is 2.56. The van der Waals surface area contributed by atoms with E-state index in [0.717, 1.165) is 5.56 Å². The van der Waals surface area contributed by atoms with Gasteiger partial charge in [0.15, 0.2) is 17.3 Å². The smallest absolute Gasteiger partial charge is 0.169 e. The summed E-state index contributed by atoms with van der Waals surface area (Å²) < 4.78 is 10.4. The van der Waals surface area contributed by atoms with Crippen LogP contribution in [0.5, 0.6) is 17.2 Å². The molecule has 0 heterocycles. The van der Waals surface area contributed by atoms with Crippen molar-refractivity contribution in [2.45, 2.75) is 13.3 Å². The lowest BCUT2D eigenvalue weighted by atomic mass is 9.98. The lowest BCUT2D eigenvalue weighted by Gasteiger charge is -2.10. The molecular weight excluding hydrogens is 298 g/mol. The van der Waals surface area contributed by atoms with Crippen molar-refractivity contribution in [3.05, 3.63) is 51.9 Å². The summed E-state index contributed by atoms with van der Waals surface area (Å²) in [6.45, 7) is 1.54. The molecule has 0 fully saturated rings. The molecule has 0 aliphatic rings. The van der Waals surface area contributed by atoms with E-state index in [1.165, 1.54) is 26.4 Å². The van der Waals surface area contributed by atoms with Gasteiger partial charge in [-0.3, -0.25) is 4.79 Å². The number of ketones is 1. The van der Waals surface area contributed by atoms with Crippen molar-refractivity contribution in [2.24, 2.45) is 5.18 Å². The lowest BCUT2D eigenvalue weighted by Crippen LogP contribution is -2.05. The third kappa shape index (κ3) is 3.31. The van der Waals surface area contributed by atoms with Crippen LogP contribution in [0, 0.1) is 11.8 Å². The minimum absolute atomic E-state index is 0.0320. The van der Waals surface area contributed by atoms with Gasteiger partial charge in [0.25, 0.3) is 0 Å². The number of aromatic hydroxyl groups is 1. The van der Waals surface area contributed by atoms with Crippen LogP contribution in [0.3, 0.4) is 0 Å². The van der Waals surface area contributed by atoms with E-state index < -0.39 is 0 Å². The van der Waals surface area contributed by atoms with Crippen molar-refractivity contribution in [2.75, 3.05) is 14.2 Å². The quantitative estimate of drug-likeness (QED) is 0.651. The maximum Gasteiger partial charge on any atom is 0.169 e. The Balaban J connectivity index is 2.33. The fourth-order valence-electron chi connectivity index (χ4n) is 2.30. The minimum atomic E-state index is -0.269. The number of methoxy groups -OCH3 is 2. The van der Waals surface area contributed by atoms with Gasteiger partial charge in [-0.1, -0.05) is 6.07 Å². The zero-order valence-electron chi connectivity index (χ0n) is 13.1. The largest absolute Gasteiger partial charge is 0.508 e. The predicted octanol–water partition coefficient (Wildman–Crippen LogP) is 3.54. The first-order valence-electron chi connectivity index (χ1n) is 6.91. The van der Waals surface area contributed by atoms with Crippen molar-refractivity contribution < 1.29 is 19.4 Å². The number of ether oxygens (including phenoxy) is 2. The molecule has 0 spiro atoms. The Morgan fingerprint density at radius 2 is 1.83 bits per heavy atom. The molecule has 2 aromatic rings. The molecule has 0 aliphatic heterocycles. The Kier molecular flexibility index (Phi) is 4.95. The highest BCUT2D eigenvalue weighted by Crippen LogP contribution is 2.32. The van der Waals surface area contributed by atoms with E-state index in [9.17, 15) is 14.8 Å². The normalized spacial score (nSPS) is 10.2. The Labute approximate surface area is 133 Å². The molecule has 0 saturated carbocycles. The Morgan fingerprint density at radius 1 is 1.13 bits per heavy atom. The van der Waals surface area contributed by atoms with E-state index >= 15 is 0 Å². The molecular formula is C17H17NO5. The van der Waals surface area contributed by atoms with Crippen LogP contribution in [0.1, 0.15) is 21.5 Å². The number of phenols is 1. The molecule has 0 amide bonds. The highest BCUT2D eigenvalue weighted by atomic mass is 16.5. The number of phenolic OH excluding ortho intramolecular Hbond substituents is 1. The number of hydrogen-bond donors (Lipinski definition) is 1. The van der Waals surface area contributed by atoms with Gasteiger partial charge in [-0.15, -0.1) is 4.91 Å². The molecule has 6 heteroatoms. The van der Waals surface area contributed by atoms with Gasteiger partial charge in [-0.2, -0.15) is 0 Å². The summed E-state index contributed by atoms with van der Waals surface area (Å²) in [6.07, 6.45) is 0.0765. The van der Waals surface area contributed by atoms with Crippen LogP contribution < -0.4 is 9.47 Å². The Bertz CT molecular complexity index is 755. The van der Waals surface area contributed by atoms with Crippen molar-refractivity contribution in [3.8, 4) is 17.2 Å². The van der Waals surface area contributed by atoms with Crippen molar-refractivity contribution in [1.82, 2.24) is 0 Å². The lowest BCUT2D eigenvalue weighted by molar-refractivity contribution is 0.0993. The van der Waals surface area contributed by atoms with Gasteiger partial charge in [0, 0.05) is 17.5 Å². The standard InChI is InChI=1S/C17H17NO5/c1-10-13(19)6-5-12(17(10)18-21)14(20)8-11-4-7-15(22-2)16(9-11)23-3/h4-7,9,19H,8H2,1-3H3. The molecule has 0 saturated heterocycles. The fraction of sp³-hybridized carbons (Fsp3) is 0.235. The molecule has 6 nitrogen and oxygen atoms in total. The van der Waals surface area contributed by atoms with E-state index in [4.69, 9.17) is 9.47 Å². The van der Waals surface area contributed by atoms with Crippen LogP contribution in [0.2, 0.25) is 0 Å².